The van der Waals surface area contributed by atoms with E-state index in [1.165, 1.54) is 19.3 Å². The maximum atomic E-state index is 12.6. The Morgan fingerprint density at radius 3 is 2.25 bits per heavy atom. The third kappa shape index (κ3) is 10.5. The summed E-state index contributed by atoms with van der Waals surface area (Å²) in [5.41, 5.74) is 13.1. The van der Waals surface area contributed by atoms with Crippen molar-refractivity contribution in [2.45, 2.75) is 83.0 Å². The highest BCUT2D eigenvalue weighted by Crippen LogP contribution is 2.39. The number of anilines is 2. The second-order valence-corrected chi connectivity index (χ2v) is 13.7. The Hall–Kier alpha value is -4.54. The van der Waals surface area contributed by atoms with Crippen LogP contribution in [0.25, 0.3) is 11.1 Å². The number of aliphatic hydroxyl groups excluding tert-OH is 1. The van der Waals surface area contributed by atoms with E-state index in [0.29, 0.717) is 43.6 Å². The predicted molar refractivity (Wildman–Crippen MR) is 200 cm³/mol. The van der Waals surface area contributed by atoms with Crippen LogP contribution >= 0.6 is 0 Å². The molecular weight excluding hydrogens is 640 g/mol. The Labute approximate surface area is 301 Å². The van der Waals surface area contributed by atoms with Gasteiger partial charge in [-0.05, 0) is 90.9 Å². The first-order valence-electron chi connectivity index (χ1n) is 18.3. The van der Waals surface area contributed by atoms with Crippen molar-refractivity contribution in [3.63, 3.8) is 0 Å². The molecule has 4 aromatic rings. The molecule has 0 spiro atoms. The van der Waals surface area contributed by atoms with Gasteiger partial charge in [0.25, 0.3) is 0 Å². The first kappa shape index (κ1) is 36.3. The largest absolute Gasteiger partial charge is 0.397 e. The molecule has 6 rings (SSSR count). The highest BCUT2D eigenvalue weighted by atomic mass is 16.7. The van der Waals surface area contributed by atoms with Gasteiger partial charge in [0.15, 0.2) is 6.29 Å². The highest BCUT2D eigenvalue weighted by Gasteiger charge is 2.33. The molecule has 0 aromatic heterocycles. The number of nitrogens with zero attached hydrogens (tertiary/aromatic N) is 1. The summed E-state index contributed by atoms with van der Waals surface area (Å²) in [6.45, 7) is 3.54. The summed E-state index contributed by atoms with van der Waals surface area (Å²) in [5.74, 6) is -0.150. The molecule has 0 bridgehead atoms. The number of unbranched alkanes of at least 4 members (excludes halogenated alkanes) is 1. The maximum Gasteiger partial charge on any atom is 0.224 e. The topological polar surface area (TPSA) is 126 Å². The van der Waals surface area contributed by atoms with Gasteiger partial charge in [0, 0.05) is 37.9 Å². The van der Waals surface area contributed by atoms with Crippen LogP contribution in [0.5, 0.6) is 0 Å². The zero-order chi connectivity index (χ0) is 35.4. The molecule has 0 aliphatic carbocycles. The Morgan fingerprint density at radius 2 is 1.49 bits per heavy atom. The maximum absolute atomic E-state index is 12.6. The lowest BCUT2D eigenvalue weighted by Crippen LogP contribution is -2.41. The van der Waals surface area contributed by atoms with Crippen LogP contribution in [0.3, 0.4) is 0 Å². The fourth-order valence-electron chi connectivity index (χ4n) is 6.87. The van der Waals surface area contributed by atoms with Crippen molar-refractivity contribution in [3.8, 4) is 11.1 Å². The van der Waals surface area contributed by atoms with E-state index in [2.05, 4.69) is 58.0 Å². The van der Waals surface area contributed by atoms with Crippen LogP contribution in [0.4, 0.5) is 11.4 Å². The van der Waals surface area contributed by atoms with Crippen LogP contribution < -0.4 is 16.4 Å². The second-order valence-electron chi connectivity index (χ2n) is 13.7. The molecule has 2 heterocycles. The number of piperidine rings is 1. The summed E-state index contributed by atoms with van der Waals surface area (Å²) in [7, 11) is 0. The van der Waals surface area contributed by atoms with Crippen LogP contribution in [0.1, 0.15) is 86.0 Å². The number of hydrogen-bond acceptors (Lipinski definition) is 7. The van der Waals surface area contributed by atoms with Crippen molar-refractivity contribution >= 4 is 23.2 Å². The molecule has 268 valence electrons. The van der Waals surface area contributed by atoms with E-state index < -0.39 is 6.29 Å². The van der Waals surface area contributed by atoms with Gasteiger partial charge in [0.1, 0.15) is 0 Å². The van der Waals surface area contributed by atoms with Gasteiger partial charge in [-0.1, -0.05) is 79.2 Å². The van der Waals surface area contributed by atoms with E-state index in [1.807, 2.05) is 42.5 Å². The SMILES string of the molecule is Nc1ccccc1NC(=O)CCCCC(=O)NCc1cccc(-c2cccc([C@@H]3O[C@H](CN4CCCCC4)C[C@H](c4ccc(CO)cc4)O3)c2)c1. The van der Waals surface area contributed by atoms with Crippen LogP contribution in [0, 0.1) is 0 Å². The minimum absolute atomic E-state index is 0.0173. The molecule has 51 heavy (non-hydrogen) atoms. The zero-order valence-electron chi connectivity index (χ0n) is 29.3. The Bertz CT molecular complexity index is 1740. The van der Waals surface area contributed by atoms with Crippen molar-refractivity contribution in [1.82, 2.24) is 10.2 Å². The second kappa shape index (κ2) is 18.1. The number of aliphatic hydroxyl groups is 1. The van der Waals surface area contributed by atoms with Crippen LogP contribution in [-0.2, 0) is 32.2 Å². The number of likely N-dealkylation sites (tertiary alicyclic amines) is 1. The number of nitrogens with two attached hydrogens (primary N) is 1. The Balaban J connectivity index is 1.04. The van der Waals surface area contributed by atoms with Gasteiger partial charge in [-0.3, -0.25) is 9.59 Å². The summed E-state index contributed by atoms with van der Waals surface area (Å²) in [5, 5.41) is 15.4. The number of ether oxygens (including phenoxy) is 2. The van der Waals surface area contributed by atoms with Gasteiger partial charge in [0.05, 0.1) is 30.2 Å². The predicted octanol–water partition coefficient (Wildman–Crippen LogP) is 7.27. The van der Waals surface area contributed by atoms with Crippen molar-refractivity contribution < 1.29 is 24.2 Å². The lowest BCUT2D eigenvalue weighted by Gasteiger charge is -2.39. The Kier molecular flexibility index (Phi) is 12.9. The average Bonchev–Trinajstić information content (AvgIpc) is 3.17. The summed E-state index contributed by atoms with van der Waals surface area (Å²) >= 11 is 0. The van der Waals surface area contributed by atoms with Crippen molar-refractivity contribution in [2.24, 2.45) is 0 Å². The summed E-state index contributed by atoms with van der Waals surface area (Å²) in [6, 6.07) is 31.7. The lowest BCUT2D eigenvalue weighted by molar-refractivity contribution is -0.253. The monoisotopic (exact) mass is 690 g/mol. The number of benzene rings is 4. The van der Waals surface area contributed by atoms with E-state index in [4.69, 9.17) is 15.2 Å². The number of para-hydroxylation sites is 2. The van der Waals surface area contributed by atoms with Gasteiger partial charge < -0.3 is 35.8 Å². The van der Waals surface area contributed by atoms with Crippen molar-refractivity contribution in [1.29, 1.82) is 0 Å². The van der Waals surface area contributed by atoms with Crippen LogP contribution in [0.2, 0.25) is 0 Å². The molecule has 2 saturated heterocycles. The van der Waals surface area contributed by atoms with E-state index >= 15 is 0 Å². The molecular formula is C42H50N4O5. The van der Waals surface area contributed by atoms with Crippen LogP contribution in [0.15, 0.2) is 97.1 Å². The Morgan fingerprint density at radius 1 is 0.765 bits per heavy atom. The first-order chi connectivity index (χ1) is 24.9. The molecule has 2 fully saturated rings. The molecule has 0 unspecified atom stereocenters. The minimum atomic E-state index is -0.513. The third-order valence-corrected chi connectivity index (χ3v) is 9.73. The number of nitrogens with one attached hydrogen (secondary N) is 2. The average molecular weight is 691 g/mol. The number of nitrogen functional groups attached to an aromatic ring is 1. The van der Waals surface area contributed by atoms with Gasteiger partial charge in [-0.2, -0.15) is 0 Å². The van der Waals surface area contributed by atoms with Gasteiger partial charge in [0.2, 0.25) is 11.8 Å². The highest BCUT2D eigenvalue weighted by molar-refractivity contribution is 5.93. The normalized spacial score (nSPS) is 19.4. The molecule has 3 atom stereocenters. The van der Waals surface area contributed by atoms with Gasteiger partial charge in [-0.15, -0.1) is 0 Å². The van der Waals surface area contributed by atoms with E-state index in [9.17, 15) is 14.7 Å². The summed E-state index contributed by atoms with van der Waals surface area (Å²) in [4.78, 5) is 27.4. The molecule has 0 saturated carbocycles. The van der Waals surface area contributed by atoms with Crippen molar-refractivity contribution in [3.05, 3.63) is 119 Å². The van der Waals surface area contributed by atoms with E-state index in [1.54, 1.807) is 12.1 Å². The molecule has 9 nitrogen and oxygen atoms in total. The molecule has 2 amide bonds. The zero-order valence-corrected chi connectivity index (χ0v) is 29.3. The van der Waals surface area contributed by atoms with Crippen molar-refractivity contribution in [2.75, 3.05) is 30.7 Å². The fourth-order valence-corrected chi connectivity index (χ4v) is 6.87. The third-order valence-electron chi connectivity index (χ3n) is 9.73. The quantitative estimate of drug-likeness (QED) is 0.0810. The van der Waals surface area contributed by atoms with Gasteiger partial charge in [-0.25, -0.2) is 0 Å². The molecule has 9 heteroatoms. The fraction of sp³-hybridized carbons (Fsp3) is 0.381. The first-order valence-corrected chi connectivity index (χ1v) is 18.3. The molecule has 2 aliphatic heterocycles. The number of amides is 2. The molecule has 0 radical (unpaired) electrons. The number of rotatable bonds is 14. The lowest BCUT2D eigenvalue weighted by atomic mass is 9.98. The molecule has 4 aromatic carbocycles. The van der Waals surface area contributed by atoms with E-state index in [-0.39, 0.29) is 30.6 Å². The summed E-state index contributed by atoms with van der Waals surface area (Å²) < 4.78 is 13.3. The number of carbonyl (C=O) groups is 2. The number of hydrogen-bond donors (Lipinski definition) is 4. The van der Waals surface area contributed by atoms with Gasteiger partial charge >= 0.3 is 0 Å². The number of carbonyl (C=O) groups excluding carboxylic acids is 2. The molecule has 2 aliphatic rings. The smallest absolute Gasteiger partial charge is 0.224 e. The standard InChI is InChI=1S/C42H50N4O5/c43-37-14-2-3-15-38(37)45-41(49)17-5-4-16-40(48)44-27-31-10-8-11-33(24-31)34-12-9-13-35(25-34)42-50-36(28-46-22-6-1-7-23-46)26-39(51-42)32-20-18-30(29-47)19-21-32/h2-3,8-15,18-21,24-25,36,39,42,47H,1,4-7,16-17,22-23,26-29,43H2,(H,44,48)(H,45,49)/t36-,39+,42+/m0/s1. The minimum Gasteiger partial charge on any atom is -0.397 e. The van der Waals surface area contributed by atoms with Crippen LogP contribution in [-0.4, -0.2) is 47.6 Å². The van der Waals surface area contributed by atoms with E-state index in [0.717, 1.165) is 59.4 Å². The summed E-state index contributed by atoms with van der Waals surface area (Å²) in [6.07, 6.45) is 5.86. The molecule has 5 N–H and O–H groups in total.